The number of benzene rings is 1. The Labute approximate surface area is 180 Å². The molecule has 1 aliphatic carbocycles. The van der Waals surface area contributed by atoms with Crippen LogP contribution in [0.25, 0.3) is 0 Å². The molecule has 0 saturated heterocycles. The lowest BCUT2D eigenvalue weighted by molar-refractivity contribution is 0.296. The molecule has 0 heterocycles. The van der Waals surface area contributed by atoms with Crippen LogP contribution in [0.1, 0.15) is 64.5 Å². The molecular formula is C23H40N4OS. The van der Waals surface area contributed by atoms with E-state index in [0.29, 0.717) is 17.8 Å². The zero-order chi connectivity index (χ0) is 21.1. The van der Waals surface area contributed by atoms with Gasteiger partial charge < -0.3 is 10.6 Å². The normalized spacial score (nSPS) is 21.2. The quantitative estimate of drug-likeness (QED) is 0.448. The summed E-state index contributed by atoms with van der Waals surface area (Å²) in [5.41, 5.74) is 2.57. The Hall–Kier alpha value is -1.40. The van der Waals surface area contributed by atoms with E-state index in [9.17, 15) is 4.21 Å². The highest BCUT2D eigenvalue weighted by Crippen LogP contribution is 2.23. The second-order valence-corrected chi connectivity index (χ2v) is 9.78. The van der Waals surface area contributed by atoms with Gasteiger partial charge in [0, 0.05) is 40.9 Å². The Morgan fingerprint density at radius 1 is 1.10 bits per heavy atom. The monoisotopic (exact) mass is 420 g/mol. The van der Waals surface area contributed by atoms with Crippen LogP contribution < -0.4 is 10.6 Å². The van der Waals surface area contributed by atoms with Gasteiger partial charge in [0.15, 0.2) is 5.96 Å². The van der Waals surface area contributed by atoms with Crippen LogP contribution in [0.15, 0.2) is 29.3 Å². The maximum absolute atomic E-state index is 12.2. The average molecular weight is 421 g/mol. The highest BCUT2D eigenvalue weighted by molar-refractivity contribution is 7.85. The molecule has 0 amide bonds. The van der Waals surface area contributed by atoms with Crippen molar-refractivity contribution in [1.29, 1.82) is 0 Å². The molecule has 3 unspecified atom stereocenters. The van der Waals surface area contributed by atoms with E-state index in [0.717, 1.165) is 63.6 Å². The largest absolute Gasteiger partial charge is 0.357 e. The Kier molecular flexibility index (Phi) is 10.7. The summed E-state index contributed by atoms with van der Waals surface area (Å²) in [6.45, 7) is 13.2. The number of guanidine groups is 1. The molecule has 6 heteroatoms. The van der Waals surface area contributed by atoms with Crippen molar-refractivity contribution in [1.82, 2.24) is 15.5 Å². The molecule has 1 aromatic carbocycles. The first-order valence-electron chi connectivity index (χ1n) is 11.3. The summed E-state index contributed by atoms with van der Waals surface area (Å²) in [5.74, 6) is 1.63. The Morgan fingerprint density at radius 2 is 1.79 bits per heavy atom. The van der Waals surface area contributed by atoms with Gasteiger partial charge in [-0.25, -0.2) is 4.99 Å². The molecule has 29 heavy (non-hydrogen) atoms. The van der Waals surface area contributed by atoms with Gasteiger partial charge in [-0.05, 0) is 50.4 Å². The highest BCUT2D eigenvalue weighted by Gasteiger charge is 2.26. The Morgan fingerprint density at radius 3 is 2.41 bits per heavy atom. The lowest BCUT2D eigenvalue weighted by atomic mass is 9.95. The van der Waals surface area contributed by atoms with E-state index in [-0.39, 0.29) is 0 Å². The fraction of sp³-hybridized carbons (Fsp3) is 0.696. The summed E-state index contributed by atoms with van der Waals surface area (Å²) in [6, 6.07) is 9.17. The van der Waals surface area contributed by atoms with E-state index in [1.165, 1.54) is 11.1 Å². The molecule has 1 aliphatic rings. The maximum atomic E-state index is 12.2. The standard InChI is InChI=1S/C23H40N4OS/c1-5-24-23(26-21-10-9-11-22(16-21)29(28)8-4)25-17-19-12-14-20(15-13-19)18-27(6-2)7-3/h12-15,21-22H,5-11,16-18H2,1-4H3,(H2,24,25,26). The van der Waals surface area contributed by atoms with Gasteiger partial charge in [0.25, 0.3) is 0 Å². The van der Waals surface area contributed by atoms with Gasteiger partial charge in [-0.1, -0.05) is 51.5 Å². The minimum atomic E-state index is -0.698. The maximum Gasteiger partial charge on any atom is 0.191 e. The predicted octanol–water partition coefficient (Wildman–Crippen LogP) is 3.66. The molecule has 0 aromatic heterocycles. The van der Waals surface area contributed by atoms with Crippen LogP contribution in [0.3, 0.4) is 0 Å². The van der Waals surface area contributed by atoms with Crippen molar-refractivity contribution in [3.63, 3.8) is 0 Å². The summed E-state index contributed by atoms with van der Waals surface area (Å²) in [5, 5.41) is 7.28. The lowest BCUT2D eigenvalue weighted by Crippen LogP contribution is -2.46. The second-order valence-electron chi connectivity index (χ2n) is 7.77. The van der Waals surface area contributed by atoms with Crippen LogP contribution in [0, 0.1) is 0 Å². The first-order chi connectivity index (χ1) is 14.1. The minimum Gasteiger partial charge on any atom is -0.357 e. The Balaban J connectivity index is 1.93. The van der Waals surface area contributed by atoms with Gasteiger partial charge in [-0.3, -0.25) is 9.11 Å². The molecule has 1 saturated carbocycles. The van der Waals surface area contributed by atoms with Crippen molar-refractivity contribution in [3.8, 4) is 0 Å². The summed E-state index contributed by atoms with van der Waals surface area (Å²) < 4.78 is 12.2. The predicted molar refractivity (Wildman–Crippen MR) is 126 cm³/mol. The average Bonchev–Trinajstić information content (AvgIpc) is 2.76. The first-order valence-corrected chi connectivity index (χ1v) is 12.7. The molecular weight excluding hydrogens is 380 g/mol. The number of nitrogens with zero attached hydrogens (tertiary/aromatic N) is 2. The molecule has 5 nitrogen and oxygen atoms in total. The van der Waals surface area contributed by atoms with Crippen molar-refractivity contribution in [2.75, 3.05) is 25.4 Å². The lowest BCUT2D eigenvalue weighted by Gasteiger charge is -2.30. The molecule has 0 radical (unpaired) electrons. The summed E-state index contributed by atoms with van der Waals surface area (Å²) in [4.78, 5) is 7.22. The van der Waals surface area contributed by atoms with Crippen LogP contribution >= 0.6 is 0 Å². The van der Waals surface area contributed by atoms with E-state index in [2.05, 4.69) is 60.6 Å². The number of aliphatic imine (C=N–C) groups is 1. The fourth-order valence-corrected chi connectivity index (χ4v) is 5.24. The molecule has 1 aromatic rings. The minimum absolute atomic E-state index is 0.326. The Bertz CT molecular complexity index is 643. The molecule has 3 atom stereocenters. The molecule has 0 bridgehead atoms. The molecule has 0 spiro atoms. The number of hydrogen-bond donors (Lipinski definition) is 2. The third kappa shape index (κ3) is 8.09. The fourth-order valence-electron chi connectivity index (χ4n) is 3.89. The van der Waals surface area contributed by atoms with Crippen LogP contribution in [-0.4, -0.2) is 51.7 Å². The van der Waals surface area contributed by atoms with E-state index < -0.39 is 10.8 Å². The summed E-state index contributed by atoms with van der Waals surface area (Å²) in [7, 11) is -0.698. The van der Waals surface area contributed by atoms with E-state index in [4.69, 9.17) is 4.99 Å². The van der Waals surface area contributed by atoms with Crippen molar-refractivity contribution in [2.24, 2.45) is 4.99 Å². The van der Waals surface area contributed by atoms with Crippen LogP contribution in [0.5, 0.6) is 0 Å². The zero-order valence-corrected chi connectivity index (χ0v) is 19.6. The third-order valence-electron chi connectivity index (χ3n) is 5.71. The van der Waals surface area contributed by atoms with Crippen molar-refractivity contribution in [2.45, 2.75) is 77.8 Å². The van der Waals surface area contributed by atoms with Crippen molar-refractivity contribution < 1.29 is 4.21 Å². The SMILES string of the molecule is CCNC(=NCc1ccc(CN(CC)CC)cc1)NC1CCCC(S(=O)CC)C1. The third-order valence-corrected chi connectivity index (χ3v) is 7.45. The van der Waals surface area contributed by atoms with Crippen molar-refractivity contribution in [3.05, 3.63) is 35.4 Å². The molecule has 2 rings (SSSR count). The summed E-state index contributed by atoms with van der Waals surface area (Å²) in [6.07, 6.45) is 4.33. The van der Waals surface area contributed by atoms with E-state index in [1.54, 1.807) is 0 Å². The molecule has 2 N–H and O–H groups in total. The highest BCUT2D eigenvalue weighted by atomic mass is 32.2. The van der Waals surface area contributed by atoms with Crippen LogP contribution in [-0.2, 0) is 23.9 Å². The van der Waals surface area contributed by atoms with Gasteiger partial charge >= 0.3 is 0 Å². The van der Waals surface area contributed by atoms with Gasteiger partial charge in [0.05, 0.1) is 6.54 Å². The van der Waals surface area contributed by atoms with Gasteiger partial charge in [-0.15, -0.1) is 0 Å². The van der Waals surface area contributed by atoms with Gasteiger partial charge in [0.2, 0.25) is 0 Å². The number of nitrogens with one attached hydrogen (secondary N) is 2. The van der Waals surface area contributed by atoms with Gasteiger partial charge in [0.1, 0.15) is 0 Å². The molecule has 164 valence electrons. The van der Waals surface area contributed by atoms with Gasteiger partial charge in [-0.2, -0.15) is 0 Å². The topological polar surface area (TPSA) is 56.7 Å². The summed E-state index contributed by atoms with van der Waals surface area (Å²) >= 11 is 0. The molecule has 0 aliphatic heterocycles. The van der Waals surface area contributed by atoms with E-state index in [1.807, 2.05) is 6.92 Å². The van der Waals surface area contributed by atoms with Crippen LogP contribution in [0.4, 0.5) is 0 Å². The second kappa shape index (κ2) is 13.0. The first kappa shape index (κ1) is 23.9. The number of rotatable bonds is 10. The zero-order valence-electron chi connectivity index (χ0n) is 18.7. The molecule has 1 fully saturated rings. The van der Waals surface area contributed by atoms with E-state index >= 15 is 0 Å². The smallest absolute Gasteiger partial charge is 0.191 e. The number of hydrogen-bond acceptors (Lipinski definition) is 3. The van der Waals surface area contributed by atoms with Crippen molar-refractivity contribution >= 4 is 16.8 Å². The van der Waals surface area contributed by atoms with Crippen LogP contribution in [0.2, 0.25) is 0 Å².